The predicted octanol–water partition coefficient (Wildman–Crippen LogP) is 3.04. The molecular formula is C12H15BrN4. The summed E-state index contributed by atoms with van der Waals surface area (Å²) in [7, 11) is 0. The number of nitrogen functional groups attached to an aromatic ring is 1. The molecule has 0 amide bonds. The smallest absolute Gasteiger partial charge is 0.168 e. The first-order valence-corrected chi connectivity index (χ1v) is 6.26. The second-order valence-corrected chi connectivity index (χ2v) is 5.11. The van der Waals surface area contributed by atoms with Crippen molar-refractivity contribution in [3.05, 3.63) is 34.2 Å². The Kier molecular flexibility index (Phi) is 3.19. The average Bonchev–Trinajstić information content (AvgIpc) is 2.75. The fraction of sp³-hybridized carbons (Fsp3) is 0.333. The van der Waals surface area contributed by atoms with Crippen LogP contribution in [0, 0.1) is 6.92 Å². The molecule has 5 heteroatoms. The van der Waals surface area contributed by atoms with Gasteiger partial charge in [0.15, 0.2) is 5.82 Å². The van der Waals surface area contributed by atoms with Gasteiger partial charge >= 0.3 is 0 Å². The zero-order chi connectivity index (χ0) is 12.6. The van der Waals surface area contributed by atoms with E-state index in [1.54, 1.807) is 10.9 Å². The van der Waals surface area contributed by atoms with Gasteiger partial charge in [-0.1, -0.05) is 13.8 Å². The van der Waals surface area contributed by atoms with E-state index in [2.05, 4.69) is 39.9 Å². The Hall–Kier alpha value is -1.36. The SMILES string of the molecule is Cc1c(N)cnc(-n2ccc(C(C)C)n2)c1Br. The van der Waals surface area contributed by atoms with Crippen molar-refractivity contribution in [2.45, 2.75) is 26.7 Å². The van der Waals surface area contributed by atoms with Crippen molar-refractivity contribution in [3.8, 4) is 5.82 Å². The highest BCUT2D eigenvalue weighted by atomic mass is 79.9. The van der Waals surface area contributed by atoms with Crippen LogP contribution in [-0.2, 0) is 0 Å². The van der Waals surface area contributed by atoms with Crippen molar-refractivity contribution in [1.29, 1.82) is 0 Å². The van der Waals surface area contributed by atoms with E-state index in [1.165, 1.54) is 0 Å². The third-order valence-electron chi connectivity index (χ3n) is 2.70. The molecule has 0 fully saturated rings. The Morgan fingerprint density at radius 1 is 1.41 bits per heavy atom. The number of aromatic nitrogens is 3. The lowest BCUT2D eigenvalue weighted by Crippen LogP contribution is -2.04. The van der Waals surface area contributed by atoms with E-state index in [-0.39, 0.29) is 0 Å². The number of hydrogen-bond acceptors (Lipinski definition) is 3. The minimum absolute atomic E-state index is 0.407. The van der Waals surface area contributed by atoms with Crippen LogP contribution in [0.15, 0.2) is 22.9 Å². The minimum atomic E-state index is 0.407. The lowest BCUT2D eigenvalue weighted by molar-refractivity contribution is 0.755. The fourth-order valence-electron chi connectivity index (χ4n) is 1.50. The summed E-state index contributed by atoms with van der Waals surface area (Å²) in [6.45, 7) is 6.18. The van der Waals surface area contributed by atoms with Gasteiger partial charge in [-0.2, -0.15) is 5.10 Å². The van der Waals surface area contributed by atoms with E-state index in [9.17, 15) is 0 Å². The van der Waals surface area contributed by atoms with Crippen LogP contribution >= 0.6 is 15.9 Å². The van der Waals surface area contributed by atoms with Crippen LogP contribution in [-0.4, -0.2) is 14.8 Å². The largest absolute Gasteiger partial charge is 0.397 e. The first-order chi connectivity index (χ1) is 8.00. The third kappa shape index (κ3) is 2.20. The van der Waals surface area contributed by atoms with Crippen LogP contribution in [0.2, 0.25) is 0 Å². The van der Waals surface area contributed by atoms with E-state index in [4.69, 9.17) is 5.73 Å². The molecule has 0 aliphatic rings. The summed E-state index contributed by atoms with van der Waals surface area (Å²) in [5.74, 6) is 1.17. The second kappa shape index (κ2) is 4.49. The lowest BCUT2D eigenvalue weighted by atomic mass is 10.1. The molecule has 0 saturated heterocycles. The van der Waals surface area contributed by atoms with Gasteiger partial charge in [0.25, 0.3) is 0 Å². The lowest BCUT2D eigenvalue weighted by Gasteiger charge is -2.08. The quantitative estimate of drug-likeness (QED) is 0.926. The van der Waals surface area contributed by atoms with Crippen molar-refractivity contribution in [2.75, 3.05) is 5.73 Å². The molecular weight excluding hydrogens is 280 g/mol. The van der Waals surface area contributed by atoms with Crippen molar-refractivity contribution in [2.24, 2.45) is 0 Å². The van der Waals surface area contributed by atoms with Gasteiger partial charge in [-0.05, 0) is 40.4 Å². The Morgan fingerprint density at radius 2 is 2.12 bits per heavy atom. The zero-order valence-corrected chi connectivity index (χ0v) is 11.7. The molecule has 17 heavy (non-hydrogen) atoms. The van der Waals surface area contributed by atoms with Crippen molar-refractivity contribution < 1.29 is 0 Å². The van der Waals surface area contributed by atoms with Crippen LogP contribution in [0.3, 0.4) is 0 Å². The number of nitrogens with two attached hydrogens (primary N) is 1. The summed E-state index contributed by atoms with van der Waals surface area (Å²) in [4.78, 5) is 4.31. The summed E-state index contributed by atoms with van der Waals surface area (Å²) < 4.78 is 2.65. The molecule has 0 aromatic carbocycles. The van der Waals surface area contributed by atoms with Gasteiger partial charge in [-0.3, -0.25) is 0 Å². The van der Waals surface area contributed by atoms with Crippen LogP contribution in [0.4, 0.5) is 5.69 Å². The zero-order valence-electron chi connectivity index (χ0n) is 10.1. The molecule has 2 rings (SSSR count). The summed E-state index contributed by atoms with van der Waals surface area (Å²) in [6, 6.07) is 2.00. The number of nitrogens with zero attached hydrogens (tertiary/aromatic N) is 3. The van der Waals surface area contributed by atoms with Gasteiger partial charge in [-0.15, -0.1) is 0 Å². The normalized spacial score (nSPS) is 11.1. The monoisotopic (exact) mass is 294 g/mol. The number of hydrogen-bond donors (Lipinski definition) is 1. The molecule has 0 unspecified atom stereocenters. The standard InChI is InChI=1S/C12H15BrN4/c1-7(2)10-4-5-17(16-10)12-11(13)8(3)9(14)6-15-12/h4-7H,14H2,1-3H3. The van der Waals surface area contributed by atoms with E-state index >= 15 is 0 Å². The first kappa shape index (κ1) is 12.1. The van der Waals surface area contributed by atoms with Crippen LogP contribution < -0.4 is 5.73 Å². The number of rotatable bonds is 2. The summed E-state index contributed by atoms with van der Waals surface area (Å²) in [5.41, 5.74) is 8.51. The second-order valence-electron chi connectivity index (χ2n) is 4.32. The van der Waals surface area contributed by atoms with E-state index < -0.39 is 0 Å². The van der Waals surface area contributed by atoms with Crippen molar-refractivity contribution in [3.63, 3.8) is 0 Å². The maximum Gasteiger partial charge on any atom is 0.168 e. The van der Waals surface area contributed by atoms with E-state index in [0.717, 1.165) is 21.5 Å². The van der Waals surface area contributed by atoms with Gasteiger partial charge < -0.3 is 5.73 Å². The molecule has 0 aliphatic carbocycles. The summed E-state index contributed by atoms with van der Waals surface area (Å²) >= 11 is 3.51. The van der Waals surface area contributed by atoms with Gasteiger partial charge in [0.05, 0.1) is 22.1 Å². The van der Waals surface area contributed by atoms with Gasteiger partial charge in [0, 0.05) is 6.20 Å². The highest BCUT2D eigenvalue weighted by molar-refractivity contribution is 9.10. The molecule has 0 atom stereocenters. The summed E-state index contributed by atoms with van der Waals surface area (Å²) in [5, 5.41) is 4.49. The number of halogens is 1. The van der Waals surface area contributed by atoms with Crippen molar-refractivity contribution >= 4 is 21.6 Å². The number of anilines is 1. The molecule has 0 bridgehead atoms. The van der Waals surface area contributed by atoms with E-state index in [0.29, 0.717) is 11.6 Å². The summed E-state index contributed by atoms with van der Waals surface area (Å²) in [6.07, 6.45) is 3.57. The predicted molar refractivity (Wildman–Crippen MR) is 72.3 cm³/mol. The molecule has 2 aromatic heterocycles. The molecule has 0 radical (unpaired) electrons. The molecule has 2 N–H and O–H groups in total. The van der Waals surface area contributed by atoms with E-state index in [1.807, 2.05) is 19.2 Å². The Morgan fingerprint density at radius 3 is 2.71 bits per heavy atom. The first-order valence-electron chi connectivity index (χ1n) is 5.47. The van der Waals surface area contributed by atoms with Crippen LogP contribution in [0.25, 0.3) is 5.82 Å². The molecule has 2 heterocycles. The van der Waals surface area contributed by atoms with Crippen molar-refractivity contribution in [1.82, 2.24) is 14.8 Å². The molecule has 90 valence electrons. The number of pyridine rings is 1. The fourth-order valence-corrected chi connectivity index (χ4v) is 2.02. The Bertz CT molecular complexity index is 545. The topological polar surface area (TPSA) is 56.7 Å². The minimum Gasteiger partial charge on any atom is -0.397 e. The maximum atomic E-state index is 5.80. The highest BCUT2D eigenvalue weighted by Gasteiger charge is 2.11. The Labute approximate surface area is 109 Å². The van der Waals surface area contributed by atoms with Gasteiger partial charge in [0.2, 0.25) is 0 Å². The average molecular weight is 295 g/mol. The van der Waals surface area contributed by atoms with Crippen LogP contribution in [0.5, 0.6) is 0 Å². The highest BCUT2D eigenvalue weighted by Crippen LogP contribution is 2.26. The molecule has 0 aliphatic heterocycles. The molecule has 0 spiro atoms. The van der Waals surface area contributed by atoms with Gasteiger partial charge in [-0.25, -0.2) is 9.67 Å². The van der Waals surface area contributed by atoms with Crippen LogP contribution in [0.1, 0.15) is 31.0 Å². The molecule has 4 nitrogen and oxygen atoms in total. The maximum absolute atomic E-state index is 5.80. The third-order valence-corrected chi connectivity index (χ3v) is 3.65. The molecule has 2 aromatic rings. The molecule has 0 saturated carbocycles. The van der Waals surface area contributed by atoms with Gasteiger partial charge in [0.1, 0.15) is 0 Å². The Balaban J connectivity index is 2.49.